The van der Waals surface area contributed by atoms with Crippen molar-refractivity contribution in [3.8, 4) is 11.5 Å². The third kappa shape index (κ3) is 9.09. The molecule has 0 aromatic heterocycles. The number of carboxylic acids is 1. The Morgan fingerprint density at radius 2 is 1.71 bits per heavy atom. The number of aliphatic carboxylic acids is 1. The highest BCUT2D eigenvalue weighted by Crippen LogP contribution is 2.44. The summed E-state index contributed by atoms with van der Waals surface area (Å²) in [5.41, 5.74) is 4.12. The van der Waals surface area contributed by atoms with Crippen LogP contribution in [0.15, 0.2) is 36.4 Å². The van der Waals surface area contributed by atoms with Crippen LogP contribution in [0.5, 0.6) is 11.5 Å². The zero-order valence-electron chi connectivity index (χ0n) is 30.2. The van der Waals surface area contributed by atoms with Crippen LogP contribution in [0.25, 0.3) is 0 Å². The maximum atomic E-state index is 12.9. The maximum absolute atomic E-state index is 12.9. The number of piperidine rings is 2. The minimum atomic E-state index is -4.77. The Balaban J connectivity index is 1.42. The van der Waals surface area contributed by atoms with Gasteiger partial charge in [-0.25, -0.2) is 4.79 Å². The highest BCUT2D eigenvalue weighted by molar-refractivity contribution is 5.73. The van der Waals surface area contributed by atoms with Gasteiger partial charge in [0.2, 0.25) is 0 Å². The standard InChI is InChI=1S/C38H54F3N3O5/c1-23-31(33(44-17-14-37(6,7)15-18-44)32(24(2)42-23)34(35(45)46)49-36(3,4)5)26-9-10-27-21-43(16-13-25(27)19-26)22-28-11-12-29(20-30(28)47-8)48-38(39,40)41/h9-12,19-20,23-24,31-34,42H,13-18,21-22H2,1-8H3,(H,45,46)/t23?,24?,31?,32?,33?,34-/m0/s1. The summed E-state index contributed by atoms with van der Waals surface area (Å²) in [5.74, 6) is -1.09. The molecule has 0 radical (unpaired) electrons. The van der Waals surface area contributed by atoms with Crippen molar-refractivity contribution in [2.45, 2.75) is 123 Å². The zero-order chi connectivity index (χ0) is 35.9. The van der Waals surface area contributed by atoms with Crippen LogP contribution in [-0.2, 0) is 29.0 Å². The molecule has 0 amide bonds. The van der Waals surface area contributed by atoms with Crippen LogP contribution < -0.4 is 14.8 Å². The molecule has 2 aromatic carbocycles. The summed E-state index contributed by atoms with van der Waals surface area (Å²) >= 11 is 0. The average Bonchev–Trinajstić information content (AvgIpc) is 2.99. The van der Waals surface area contributed by atoms with Gasteiger partial charge in [-0.15, -0.1) is 13.2 Å². The lowest BCUT2D eigenvalue weighted by Crippen LogP contribution is -2.66. The molecule has 5 rings (SSSR count). The minimum Gasteiger partial charge on any atom is -0.496 e. The van der Waals surface area contributed by atoms with Gasteiger partial charge in [-0.2, -0.15) is 0 Å². The number of fused-ring (bicyclic) bond motifs is 1. The van der Waals surface area contributed by atoms with Gasteiger partial charge in [0.1, 0.15) is 11.5 Å². The first-order valence-corrected chi connectivity index (χ1v) is 17.5. The lowest BCUT2D eigenvalue weighted by Gasteiger charge is -2.54. The number of nitrogens with zero attached hydrogens (tertiary/aromatic N) is 2. The van der Waals surface area contributed by atoms with E-state index in [1.54, 1.807) is 6.07 Å². The summed E-state index contributed by atoms with van der Waals surface area (Å²) in [5, 5.41) is 14.3. The van der Waals surface area contributed by atoms with Gasteiger partial charge >= 0.3 is 12.3 Å². The molecule has 3 heterocycles. The summed E-state index contributed by atoms with van der Waals surface area (Å²) < 4.78 is 54.1. The third-order valence-electron chi connectivity index (χ3n) is 10.6. The van der Waals surface area contributed by atoms with Gasteiger partial charge in [0.15, 0.2) is 6.10 Å². The molecule has 3 aliphatic heterocycles. The first-order chi connectivity index (χ1) is 22.8. The second-order valence-electron chi connectivity index (χ2n) is 16.0. The molecule has 2 fully saturated rings. The topological polar surface area (TPSA) is 83.5 Å². The van der Waals surface area contributed by atoms with Crippen molar-refractivity contribution in [1.29, 1.82) is 0 Å². The van der Waals surface area contributed by atoms with Gasteiger partial charge in [0.05, 0.1) is 12.7 Å². The van der Waals surface area contributed by atoms with Gasteiger partial charge in [0, 0.05) is 61.2 Å². The van der Waals surface area contributed by atoms with Crippen molar-refractivity contribution in [3.63, 3.8) is 0 Å². The van der Waals surface area contributed by atoms with Crippen LogP contribution in [0, 0.1) is 11.3 Å². The second kappa shape index (κ2) is 14.4. The second-order valence-corrected chi connectivity index (χ2v) is 16.0. The zero-order valence-corrected chi connectivity index (χ0v) is 30.2. The molecule has 272 valence electrons. The molecule has 0 saturated carbocycles. The molecule has 0 bridgehead atoms. The van der Waals surface area contributed by atoms with E-state index in [9.17, 15) is 23.1 Å². The highest BCUT2D eigenvalue weighted by atomic mass is 19.4. The Labute approximate surface area is 289 Å². The molecule has 8 nitrogen and oxygen atoms in total. The quantitative estimate of drug-likeness (QED) is 0.292. The van der Waals surface area contributed by atoms with Crippen molar-refractivity contribution in [2.24, 2.45) is 11.3 Å². The van der Waals surface area contributed by atoms with Gasteiger partial charge in [-0.1, -0.05) is 38.1 Å². The Morgan fingerprint density at radius 3 is 2.33 bits per heavy atom. The number of hydrogen-bond acceptors (Lipinski definition) is 7. The van der Waals surface area contributed by atoms with Crippen molar-refractivity contribution in [2.75, 3.05) is 26.7 Å². The number of ether oxygens (including phenoxy) is 3. The molecule has 6 atom stereocenters. The number of rotatable bonds is 9. The van der Waals surface area contributed by atoms with Gasteiger partial charge in [0.25, 0.3) is 0 Å². The maximum Gasteiger partial charge on any atom is 0.573 e. The SMILES string of the molecule is COc1cc(OC(F)(F)F)ccc1CN1CCc2cc(C3C(C)NC(C)C([C@H](OC(C)(C)C)C(=O)O)C3N3CCC(C)(C)CC3)ccc2C1. The van der Waals surface area contributed by atoms with E-state index >= 15 is 0 Å². The number of likely N-dealkylation sites (tertiary alicyclic amines) is 1. The van der Waals surface area contributed by atoms with E-state index in [0.29, 0.717) is 18.8 Å². The first kappa shape index (κ1) is 37.4. The van der Waals surface area contributed by atoms with Crippen LogP contribution >= 0.6 is 0 Å². The number of methoxy groups -OCH3 is 1. The molecule has 2 aromatic rings. The lowest BCUT2D eigenvalue weighted by atomic mass is 9.68. The van der Waals surface area contributed by atoms with E-state index < -0.39 is 24.0 Å². The predicted molar refractivity (Wildman–Crippen MR) is 183 cm³/mol. The molecule has 0 aliphatic carbocycles. The number of benzene rings is 2. The fraction of sp³-hybridized carbons (Fsp3) is 0.658. The van der Waals surface area contributed by atoms with E-state index in [1.807, 2.05) is 20.8 Å². The molecule has 11 heteroatoms. The van der Waals surface area contributed by atoms with E-state index in [2.05, 4.69) is 65.7 Å². The van der Waals surface area contributed by atoms with Crippen LogP contribution in [0.1, 0.15) is 89.5 Å². The Morgan fingerprint density at radius 1 is 1.02 bits per heavy atom. The van der Waals surface area contributed by atoms with Crippen molar-refractivity contribution in [3.05, 3.63) is 58.7 Å². The molecule has 2 N–H and O–H groups in total. The summed E-state index contributed by atoms with van der Waals surface area (Å²) in [6, 6.07) is 11.0. The third-order valence-corrected chi connectivity index (χ3v) is 10.6. The van der Waals surface area contributed by atoms with Gasteiger partial charge < -0.3 is 24.6 Å². The van der Waals surface area contributed by atoms with E-state index in [1.165, 1.54) is 35.9 Å². The van der Waals surface area contributed by atoms with Crippen molar-refractivity contribution >= 4 is 5.97 Å². The number of nitrogens with one attached hydrogen (secondary N) is 1. The molecule has 5 unspecified atom stereocenters. The first-order valence-electron chi connectivity index (χ1n) is 17.5. The molecule has 0 spiro atoms. The summed E-state index contributed by atoms with van der Waals surface area (Å²) in [6.45, 7) is 18.5. The summed E-state index contributed by atoms with van der Waals surface area (Å²) in [6.07, 6.45) is -2.80. The van der Waals surface area contributed by atoms with Crippen molar-refractivity contribution < 1.29 is 37.3 Å². The Bertz CT molecular complexity index is 1470. The summed E-state index contributed by atoms with van der Waals surface area (Å²) in [4.78, 5) is 17.7. The monoisotopic (exact) mass is 689 g/mol. The number of alkyl halides is 3. The van der Waals surface area contributed by atoms with Crippen LogP contribution in [0.3, 0.4) is 0 Å². The normalized spacial score (nSPS) is 27.3. The number of carbonyl (C=O) groups is 1. The molecular weight excluding hydrogens is 635 g/mol. The van der Waals surface area contributed by atoms with Gasteiger partial charge in [-0.3, -0.25) is 9.80 Å². The molecular formula is C38H54F3N3O5. The van der Waals surface area contributed by atoms with E-state index in [-0.39, 0.29) is 41.1 Å². The molecule has 49 heavy (non-hydrogen) atoms. The number of carboxylic acid groups (broad SMARTS) is 1. The fourth-order valence-corrected chi connectivity index (χ4v) is 8.23. The van der Waals surface area contributed by atoms with Crippen LogP contribution in [0.2, 0.25) is 0 Å². The smallest absolute Gasteiger partial charge is 0.496 e. The van der Waals surface area contributed by atoms with E-state index in [4.69, 9.17) is 9.47 Å². The van der Waals surface area contributed by atoms with E-state index in [0.717, 1.165) is 44.5 Å². The Kier molecular flexibility index (Phi) is 11.0. The van der Waals surface area contributed by atoms with Crippen LogP contribution in [-0.4, -0.2) is 83.8 Å². The molecule has 2 saturated heterocycles. The van der Waals surface area contributed by atoms with Crippen LogP contribution in [0.4, 0.5) is 13.2 Å². The Hall–Kier alpha value is -2.86. The number of hydrogen-bond donors (Lipinski definition) is 2. The average molecular weight is 690 g/mol. The lowest BCUT2D eigenvalue weighted by molar-refractivity contribution is -0.274. The highest BCUT2D eigenvalue weighted by Gasteiger charge is 2.51. The summed E-state index contributed by atoms with van der Waals surface area (Å²) in [7, 11) is 1.45. The van der Waals surface area contributed by atoms with Gasteiger partial charge in [-0.05, 0) is 95.1 Å². The number of halogens is 3. The largest absolute Gasteiger partial charge is 0.573 e. The predicted octanol–water partition coefficient (Wildman–Crippen LogP) is 6.99. The fourth-order valence-electron chi connectivity index (χ4n) is 8.23. The molecule has 3 aliphatic rings. The minimum absolute atomic E-state index is 0.0271. The van der Waals surface area contributed by atoms with Crippen molar-refractivity contribution in [1.82, 2.24) is 15.1 Å².